The topological polar surface area (TPSA) is 19.6 Å². The zero-order chi connectivity index (χ0) is 19.5. The summed E-state index contributed by atoms with van der Waals surface area (Å²) in [6, 6.07) is 19.3. The lowest BCUT2D eigenvalue weighted by Crippen LogP contribution is -2.44. The first kappa shape index (κ1) is 18.5. The predicted molar refractivity (Wildman–Crippen MR) is 117 cm³/mol. The van der Waals surface area contributed by atoms with Crippen LogP contribution in [0.2, 0.25) is 0 Å². The lowest BCUT2D eigenvalue weighted by molar-refractivity contribution is -0.646. The molecular weight excluding hydrogens is 346 g/mol. The molecule has 2 aromatic carbocycles. The average Bonchev–Trinajstić information content (AvgIpc) is 2.74. The molecule has 4 nitrogen and oxygen atoms in total. The van der Waals surface area contributed by atoms with Crippen molar-refractivity contribution in [3.05, 3.63) is 65.9 Å². The second kappa shape index (κ2) is 8.03. The summed E-state index contributed by atoms with van der Waals surface area (Å²) in [6.07, 6.45) is 4.32. The van der Waals surface area contributed by atoms with Crippen LogP contribution in [0, 0.1) is 0 Å². The Labute approximate surface area is 167 Å². The maximum Gasteiger partial charge on any atom is 0.212 e. The Kier molecular flexibility index (Phi) is 5.31. The number of nitrogens with zero attached hydrogens (tertiary/aromatic N) is 3. The van der Waals surface area contributed by atoms with E-state index in [1.807, 2.05) is 0 Å². The van der Waals surface area contributed by atoms with Crippen LogP contribution in [0.4, 0.5) is 5.69 Å². The van der Waals surface area contributed by atoms with Crippen LogP contribution in [0.15, 0.2) is 54.6 Å². The number of piperazine rings is 1. The second-order valence-electron chi connectivity index (χ2n) is 7.43. The van der Waals surface area contributed by atoms with E-state index in [0.717, 1.165) is 37.5 Å². The molecule has 0 aliphatic carbocycles. The summed E-state index contributed by atoms with van der Waals surface area (Å²) in [5.74, 6) is 0.939. The molecule has 28 heavy (non-hydrogen) atoms. The maximum atomic E-state index is 5.71. The van der Waals surface area contributed by atoms with Crippen molar-refractivity contribution in [3.8, 4) is 5.75 Å². The summed E-state index contributed by atoms with van der Waals surface area (Å²) >= 11 is 0. The van der Waals surface area contributed by atoms with Gasteiger partial charge in [-0.15, -0.1) is 0 Å². The Morgan fingerprint density at radius 1 is 0.929 bits per heavy atom. The third-order valence-electron chi connectivity index (χ3n) is 5.61. The average molecular weight is 375 g/mol. The molecule has 0 N–H and O–H groups in total. The highest BCUT2D eigenvalue weighted by molar-refractivity contribution is 5.77. The number of para-hydroxylation sites is 1. The van der Waals surface area contributed by atoms with Gasteiger partial charge in [0.25, 0.3) is 0 Å². The van der Waals surface area contributed by atoms with Crippen molar-refractivity contribution >= 4 is 28.7 Å². The fourth-order valence-electron chi connectivity index (χ4n) is 3.82. The van der Waals surface area contributed by atoms with E-state index in [1.165, 1.54) is 22.3 Å². The minimum absolute atomic E-state index is 0.939. The largest absolute Gasteiger partial charge is 0.495 e. The van der Waals surface area contributed by atoms with E-state index < -0.39 is 0 Å². The summed E-state index contributed by atoms with van der Waals surface area (Å²) < 4.78 is 7.93. The van der Waals surface area contributed by atoms with Crippen molar-refractivity contribution in [1.29, 1.82) is 0 Å². The van der Waals surface area contributed by atoms with Gasteiger partial charge in [0.05, 0.1) is 12.8 Å². The molecule has 0 unspecified atom stereocenters. The number of pyridine rings is 1. The molecule has 4 rings (SSSR count). The number of ether oxygens (including phenoxy) is 1. The van der Waals surface area contributed by atoms with E-state index in [4.69, 9.17) is 4.74 Å². The van der Waals surface area contributed by atoms with Crippen LogP contribution in [0.3, 0.4) is 0 Å². The lowest BCUT2D eigenvalue weighted by atomic mass is 10.1. The van der Waals surface area contributed by atoms with Crippen LogP contribution in [0.25, 0.3) is 23.1 Å². The number of methoxy groups -OCH3 is 1. The Morgan fingerprint density at radius 3 is 2.50 bits per heavy atom. The minimum Gasteiger partial charge on any atom is -0.495 e. The van der Waals surface area contributed by atoms with Crippen LogP contribution in [-0.4, -0.2) is 45.2 Å². The van der Waals surface area contributed by atoms with E-state index in [9.17, 15) is 0 Å². The summed E-state index contributed by atoms with van der Waals surface area (Å²) in [7, 11) is 6.04. The number of hydrogen-bond donors (Lipinski definition) is 0. The molecular formula is C24H28N3O+. The van der Waals surface area contributed by atoms with Crippen LogP contribution in [-0.2, 0) is 7.05 Å². The van der Waals surface area contributed by atoms with Gasteiger partial charge in [-0.25, -0.2) is 0 Å². The van der Waals surface area contributed by atoms with Crippen molar-refractivity contribution in [2.75, 3.05) is 45.2 Å². The number of aryl methyl sites for hydroxylation is 1. The van der Waals surface area contributed by atoms with E-state index in [2.05, 4.69) is 95.2 Å². The minimum atomic E-state index is 0.939. The molecule has 2 heterocycles. The van der Waals surface area contributed by atoms with Crippen molar-refractivity contribution in [3.63, 3.8) is 0 Å². The van der Waals surface area contributed by atoms with E-state index in [0.29, 0.717) is 0 Å². The maximum absolute atomic E-state index is 5.71. The lowest BCUT2D eigenvalue weighted by Gasteiger charge is -2.34. The summed E-state index contributed by atoms with van der Waals surface area (Å²) in [6.45, 7) is 4.25. The first-order valence-electron chi connectivity index (χ1n) is 9.83. The molecule has 1 fully saturated rings. The summed E-state index contributed by atoms with van der Waals surface area (Å²) in [4.78, 5) is 4.78. The molecule has 0 bridgehead atoms. The number of benzene rings is 2. The molecule has 1 aliphatic heterocycles. The molecule has 0 radical (unpaired) electrons. The predicted octanol–water partition coefficient (Wildman–Crippen LogP) is 3.60. The van der Waals surface area contributed by atoms with Crippen molar-refractivity contribution in [2.45, 2.75) is 0 Å². The van der Waals surface area contributed by atoms with Gasteiger partial charge in [0.2, 0.25) is 11.2 Å². The Bertz CT molecular complexity index is 1000. The summed E-state index contributed by atoms with van der Waals surface area (Å²) in [5.41, 5.74) is 4.72. The Morgan fingerprint density at radius 2 is 1.71 bits per heavy atom. The first-order chi connectivity index (χ1) is 13.7. The van der Waals surface area contributed by atoms with Gasteiger partial charge in [-0.2, -0.15) is 4.57 Å². The van der Waals surface area contributed by atoms with Crippen LogP contribution in [0.5, 0.6) is 5.75 Å². The molecule has 1 aromatic heterocycles. The van der Waals surface area contributed by atoms with Crippen LogP contribution >= 0.6 is 0 Å². The van der Waals surface area contributed by atoms with Crippen LogP contribution in [0.1, 0.15) is 11.3 Å². The highest BCUT2D eigenvalue weighted by Gasteiger charge is 2.17. The standard InChI is InChI=1S/C24H28N3O/c1-25-14-16-27(17-15-25)23-13-9-19(18-24(23)28-3)8-11-21-12-10-20-6-4-5-7-22(20)26(21)2/h4-13,18H,14-17H2,1-3H3/q+1. The van der Waals surface area contributed by atoms with Gasteiger partial charge < -0.3 is 14.5 Å². The SMILES string of the molecule is COc1cc(C=Cc2ccc3ccccc3[n+]2C)ccc1N1CCN(C)CC1. The number of hydrogen-bond acceptors (Lipinski definition) is 3. The van der Waals surface area contributed by atoms with Crippen LogP contribution < -0.4 is 14.2 Å². The highest BCUT2D eigenvalue weighted by atomic mass is 16.5. The third kappa shape index (κ3) is 3.73. The molecule has 0 amide bonds. The van der Waals surface area contributed by atoms with Gasteiger partial charge in [-0.3, -0.25) is 0 Å². The number of anilines is 1. The van der Waals surface area contributed by atoms with Gasteiger partial charge in [-0.1, -0.05) is 18.2 Å². The fourth-order valence-corrected chi connectivity index (χ4v) is 3.82. The van der Waals surface area contributed by atoms with Gasteiger partial charge in [0.15, 0.2) is 0 Å². The monoisotopic (exact) mass is 374 g/mol. The van der Waals surface area contributed by atoms with E-state index in [1.54, 1.807) is 7.11 Å². The third-order valence-corrected chi connectivity index (χ3v) is 5.61. The van der Waals surface area contributed by atoms with Gasteiger partial charge in [0, 0.05) is 49.8 Å². The zero-order valence-electron chi connectivity index (χ0n) is 16.9. The van der Waals surface area contributed by atoms with E-state index >= 15 is 0 Å². The Hall–Kier alpha value is -2.85. The van der Waals surface area contributed by atoms with Gasteiger partial charge in [0.1, 0.15) is 12.8 Å². The van der Waals surface area contributed by atoms with Crippen molar-refractivity contribution in [2.24, 2.45) is 7.05 Å². The highest BCUT2D eigenvalue weighted by Crippen LogP contribution is 2.30. The van der Waals surface area contributed by atoms with Gasteiger partial charge >= 0.3 is 0 Å². The number of fused-ring (bicyclic) bond motifs is 1. The van der Waals surface area contributed by atoms with Crippen molar-refractivity contribution in [1.82, 2.24) is 4.90 Å². The summed E-state index contributed by atoms with van der Waals surface area (Å²) in [5, 5.41) is 1.25. The Balaban J connectivity index is 1.59. The van der Waals surface area contributed by atoms with Gasteiger partial charge in [-0.05, 0) is 43.0 Å². The quantitative estimate of drug-likeness (QED) is 0.651. The zero-order valence-corrected chi connectivity index (χ0v) is 16.9. The number of aromatic nitrogens is 1. The van der Waals surface area contributed by atoms with Crippen molar-refractivity contribution < 1.29 is 9.30 Å². The molecule has 1 saturated heterocycles. The smallest absolute Gasteiger partial charge is 0.212 e. The number of likely N-dealkylation sites (N-methyl/N-ethyl adjacent to an activating group) is 1. The first-order valence-corrected chi connectivity index (χ1v) is 9.83. The molecule has 0 saturated carbocycles. The second-order valence-corrected chi connectivity index (χ2v) is 7.43. The molecule has 3 aromatic rings. The normalized spacial score (nSPS) is 15.5. The molecule has 0 atom stereocenters. The number of rotatable bonds is 4. The molecule has 144 valence electrons. The molecule has 1 aliphatic rings. The fraction of sp³-hybridized carbons (Fsp3) is 0.292. The molecule has 4 heteroatoms. The molecule has 0 spiro atoms. The van der Waals surface area contributed by atoms with E-state index in [-0.39, 0.29) is 0 Å².